The van der Waals surface area contributed by atoms with Crippen LogP contribution in [0.2, 0.25) is 0 Å². The fourth-order valence-corrected chi connectivity index (χ4v) is 5.10. The van der Waals surface area contributed by atoms with Crippen LogP contribution in [-0.4, -0.2) is 69.2 Å². The number of rotatable bonds is 15. The highest BCUT2D eigenvalue weighted by atomic mass is 19.1. The van der Waals surface area contributed by atoms with E-state index in [9.17, 15) is 18.8 Å². The summed E-state index contributed by atoms with van der Waals surface area (Å²) in [5, 5.41) is 11.4. The molecule has 3 atom stereocenters. The number of aromatic nitrogens is 2. The number of aryl methyl sites for hydroxylation is 1. The van der Waals surface area contributed by atoms with Crippen LogP contribution in [0.4, 0.5) is 8.78 Å². The minimum atomic E-state index is -1.11. The first-order chi connectivity index (χ1) is 21.2. The summed E-state index contributed by atoms with van der Waals surface area (Å²) in [7, 11) is 0. The summed E-state index contributed by atoms with van der Waals surface area (Å²) in [5.74, 6) is -2.20. The molecule has 0 aliphatic heterocycles. The van der Waals surface area contributed by atoms with Crippen LogP contribution in [0.15, 0.2) is 54.7 Å². The Bertz CT molecular complexity index is 1460. The van der Waals surface area contributed by atoms with Gasteiger partial charge in [0, 0.05) is 37.3 Å². The van der Waals surface area contributed by atoms with Gasteiger partial charge in [0.2, 0.25) is 11.8 Å². The first kappa shape index (κ1) is 35.3. The molecule has 0 bridgehead atoms. The lowest BCUT2D eigenvalue weighted by atomic mass is 9.84. The van der Waals surface area contributed by atoms with Crippen molar-refractivity contribution < 1.29 is 28.3 Å². The van der Waals surface area contributed by atoms with Crippen molar-refractivity contribution in [2.24, 2.45) is 16.9 Å². The Hall–Kier alpha value is -4.16. The fraction of sp³-hybridized carbons (Fsp3) is 0.455. The lowest BCUT2D eigenvalue weighted by Gasteiger charge is -2.40. The number of halogens is 2. The number of imidazole rings is 1. The third kappa shape index (κ3) is 9.92. The van der Waals surface area contributed by atoms with E-state index in [1.54, 1.807) is 18.3 Å². The van der Waals surface area contributed by atoms with Crippen molar-refractivity contribution in [2.45, 2.75) is 71.6 Å². The van der Waals surface area contributed by atoms with Crippen LogP contribution in [0.5, 0.6) is 0 Å². The molecule has 3 aromatic rings. The largest absolute Gasteiger partial charge is 0.481 e. The van der Waals surface area contributed by atoms with E-state index in [1.165, 1.54) is 11.0 Å². The lowest BCUT2D eigenvalue weighted by Crippen LogP contribution is -2.50. The Labute approximate surface area is 262 Å². The average Bonchev–Trinajstić information content (AvgIpc) is 3.39. The first-order valence-corrected chi connectivity index (χ1v) is 14.9. The number of nitrogens with zero attached hydrogens (tertiary/aromatic N) is 3. The second-order valence-corrected chi connectivity index (χ2v) is 12.4. The van der Waals surface area contributed by atoms with Crippen LogP contribution in [0.1, 0.15) is 63.0 Å². The van der Waals surface area contributed by atoms with Gasteiger partial charge in [0.05, 0.1) is 24.3 Å². The van der Waals surface area contributed by atoms with Gasteiger partial charge in [-0.25, -0.2) is 13.8 Å². The molecular formula is C33H44F2N6O4. The molecular weight excluding hydrogens is 582 g/mol. The van der Waals surface area contributed by atoms with Gasteiger partial charge in [-0.2, -0.15) is 0 Å². The molecule has 45 heavy (non-hydrogen) atoms. The van der Waals surface area contributed by atoms with E-state index in [1.807, 2.05) is 62.6 Å². The lowest BCUT2D eigenvalue weighted by molar-refractivity contribution is -0.139. The molecule has 1 heterocycles. The molecule has 0 aliphatic rings. The summed E-state index contributed by atoms with van der Waals surface area (Å²) in [6, 6.07) is 11.8. The molecule has 10 nitrogen and oxygen atoms in total. The van der Waals surface area contributed by atoms with Gasteiger partial charge in [0.15, 0.2) is 0 Å². The molecule has 0 radical (unpaired) electrons. The number of carbonyl (C=O) groups is 3. The third-order valence-corrected chi connectivity index (χ3v) is 7.46. The van der Waals surface area contributed by atoms with Crippen molar-refractivity contribution in [1.82, 2.24) is 19.8 Å². The number of aliphatic carboxylic acids is 1. The van der Waals surface area contributed by atoms with E-state index in [0.717, 1.165) is 11.1 Å². The number of hydrogen-bond donors (Lipinski definition) is 4. The number of alkyl halides is 1. The molecule has 3 unspecified atom stereocenters. The smallest absolute Gasteiger partial charge is 0.303 e. The van der Waals surface area contributed by atoms with Crippen molar-refractivity contribution in [1.29, 1.82) is 0 Å². The van der Waals surface area contributed by atoms with Gasteiger partial charge in [0.1, 0.15) is 18.3 Å². The van der Waals surface area contributed by atoms with Gasteiger partial charge in [-0.15, -0.1) is 0 Å². The monoisotopic (exact) mass is 626 g/mol. The number of amides is 2. The number of carboxylic acid groups (broad SMARTS) is 1. The van der Waals surface area contributed by atoms with Gasteiger partial charge in [-0.1, -0.05) is 62.7 Å². The van der Waals surface area contributed by atoms with E-state index >= 15 is 4.39 Å². The summed E-state index contributed by atoms with van der Waals surface area (Å²) in [5.41, 5.74) is 13.6. The van der Waals surface area contributed by atoms with Gasteiger partial charge >= 0.3 is 5.97 Å². The van der Waals surface area contributed by atoms with Crippen LogP contribution in [-0.2, 0) is 20.9 Å². The van der Waals surface area contributed by atoms with E-state index in [2.05, 4.69) is 5.32 Å². The maximum absolute atomic E-state index is 15.1. The summed E-state index contributed by atoms with van der Waals surface area (Å²) in [4.78, 5) is 43.8. The molecule has 0 saturated carbocycles. The standard InChI is InChI=1S/C33H44F2N6O4/c1-21-10-11-25(35)24(16-21)27-20-40(19-22-8-6-5-7-9-22)31(39-27)30(33(2,3)4)41(15-14-23(36)17-34)28(42)18-38-32(45)26(37)12-13-29(43)44/h5-11,16,20,23,26,30H,12-15,17-19,36-37H2,1-4H3,(H,38,45)(H,43,44). The predicted octanol–water partition coefficient (Wildman–Crippen LogP) is 3.96. The highest BCUT2D eigenvalue weighted by Gasteiger charge is 2.38. The minimum Gasteiger partial charge on any atom is -0.481 e. The number of carbonyl (C=O) groups excluding carboxylic acids is 2. The Kier molecular flexibility index (Phi) is 12.3. The number of hydrogen-bond acceptors (Lipinski definition) is 6. The van der Waals surface area contributed by atoms with Gasteiger partial charge < -0.3 is 31.4 Å². The van der Waals surface area contributed by atoms with Crippen LogP contribution in [0, 0.1) is 18.2 Å². The number of benzene rings is 2. The van der Waals surface area contributed by atoms with Crippen molar-refractivity contribution in [3.63, 3.8) is 0 Å². The highest BCUT2D eigenvalue weighted by molar-refractivity contribution is 5.87. The first-order valence-electron chi connectivity index (χ1n) is 14.9. The normalized spacial score (nSPS) is 13.6. The molecule has 12 heteroatoms. The zero-order valence-corrected chi connectivity index (χ0v) is 26.3. The molecule has 2 amide bonds. The molecule has 3 rings (SSSR count). The van der Waals surface area contributed by atoms with Crippen molar-refractivity contribution in [2.75, 3.05) is 19.8 Å². The molecule has 2 aromatic carbocycles. The molecule has 0 fully saturated rings. The Morgan fingerprint density at radius 3 is 2.40 bits per heavy atom. The zero-order chi connectivity index (χ0) is 33.3. The SMILES string of the molecule is Cc1ccc(F)c(-c2cn(Cc3ccccc3)c(C(N(CCC(N)CF)C(=O)CNC(=O)C(N)CCC(=O)O)C(C)(C)C)n2)c1. The Morgan fingerprint density at radius 2 is 1.78 bits per heavy atom. The summed E-state index contributed by atoms with van der Waals surface area (Å²) in [6.45, 7) is 6.88. The molecule has 244 valence electrons. The minimum absolute atomic E-state index is 0.0547. The van der Waals surface area contributed by atoms with E-state index in [-0.39, 0.29) is 25.8 Å². The predicted molar refractivity (Wildman–Crippen MR) is 168 cm³/mol. The van der Waals surface area contributed by atoms with Crippen LogP contribution in [0.25, 0.3) is 11.3 Å². The number of nitrogens with one attached hydrogen (secondary N) is 1. The number of carboxylic acids is 1. The number of nitrogens with two attached hydrogens (primary N) is 2. The van der Waals surface area contributed by atoms with Gasteiger partial charge in [-0.05, 0) is 42.9 Å². The molecule has 0 spiro atoms. The fourth-order valence-electron chi connectivity index (χ4n) is 5.10. The average molecular weight is 627 g/mol. The second kappa shape index (κ2) is 15.7. The molecule has 0 saturated heterocycles. The summed E-state index contributed by atoms with van der Waals surface area (Å²) in [6.07, 6.45) is 1.51. The Morgan fingerprint density at radius 1 is 1.09 bits per heavy atom. The maximum atomic E-state index is 15.1. The van der Waals surface area contributed by atoms with Gasteiger partial charge in [-0.3, -0.25) is 14.4 Å². The topological polar surface area (TPSA) is 157 Å². The molecule has 1 aromatic heterocycles. The van der Waals surface area contributed by atoms with E-state index < -0.39 is 60.4 Å². The highest BCUT2D eigenvalue weighted by Crippen LogP contribution is 2.39. The summed E-state index contributed by atoms with van der Waals surface area (Å²) >= 11 is 0. The van der Waals surface area contributed by atoms with Crippen molar-refractivity contribution in [3.8, 4) is 11.3 Å². The van der Waals surface area contributed by atoms with Crippen molar-refractivity contribution in [3.05, 3.63) is 77.5 Å². The van der Waals surface area contributed by atoms with Crippen LogP contribution >= 0.6 is 0 Å². The molecule has 6 N–H and O–H groups in total. The van der Waals surface area contributed by atoms with Gasteiger partial charge in [0.25, 0.3) is 0 Å². The summed E-state index contributed by atoms with van der Waals surface area (Å²) < 4.78 is 30.4. The second-order valence-electron chi connectivity index (χ2n) is 12.4. The van der Waals surface area contributed by atoms with Crippen molar-refractivity contribution >= 4 is 17.8 Å². The third-order valence-electron chi connectivity index (χ3n) is 7.46. The maximum Gasteiger partial charge on any atom is 0.303 e. The zero-order valence-electron chi connectivity index (χ0n) is 26.3. The van der Waals surface area contributed by atoms with Crippen LogP contribution in [0.3, 0.4) is 0 Å². The van der Waals surface area contributed by atoms with Crippen LogP contribution < -0.4 is 16.8 Å². The Balaban J connectivity index is 2.08. The molecule has 0 aliphatic carbocycles. The quantitative estimate of drug-likeness (QED) is 0.199. The van der Waals surface area contributed by atoms with E-state index in [4.69, 9.17) is 21.6 Å². The van der Waals surface area contributed by atoms with E-state index in [0.29, 0.717) is 23.6 Å².